The van der Waals surface area contributed by atoms with E-state index >= 15 is 0 Å². The van der Waals surface area contributed by atoms with E-state index in [1.54, 1.807) is 11.8 Å². The molecule has 0 unspecified atom stereocenters. The predicted molar refractivity (Wildman–Crippen MR) is 99.3 cm³/mol. The number of fused-ring (bicyclic) bond motifs is 1. The van der Waals surface area contributed by atoms with Crippen LogP contribution in [0.5, 0.6) is 5.75 Å². The van der Waals surface area contributed by atoms with Crippen LogP contribution in [0.4, 0.5) is 16.2 Å². The van der Waals surface area contributed by atoms with Crippen molar-refractivity contribution >= 4 is 35.1 Å². The number of ether oxygens (including phenoxy) is 1. The Hall–Kier alpha value is -2.89. The average Bonchev–Trinajstić information content (AvgIpc) is 3.17. The van der Waals surface area contributed by atoms with Gasteiger partial charge in [-0.3, -0.25) is 25.0 Å². The van der Waals surface area contributed by atoms with E-state index in [-0.39, 0.29) is 29.8 Å². The zero-order valence-corrected chi connectivity index (χ0v) is 15.5. The van der Waals surface area contributed by atoms with Gasteiger partial charge in [0.25, 0.3) is 0 Å². The molecule has 0 aromatic heterocycles. The third-order valence-corrected chi connectivity index (χ3v) is 6.15. The fourth-order valence-corrected chi connectivity index (χ4v) is 4.90. The van der Waals surface area contributed by atoms with Gasteiger partial charge in [-0.15, -0.1) is 0 Å². The first-order valence-corrected chi connectivity index (χ1v) is 9.73. The number of unbranched alkanes of at least 4 members (excludes halogenated alkanes) is 1. The Kier molecular flexibility index (Phi) is 5.97. The number of para-hydroxylation sites is 1. The van der Waals surface area contributed by atoms with E-state index in [0.29, 0.717) is 6.42 Å². The largest absolute Gasteiger partial charge is 0.419 e. The highest BCUT2D eigenvalue weighted by Gasteiger charge is 2.42. The first kappa shape index (κ1) is 19.9. The third-order valence-electron chi connectivity index (χ3n) is 4.64. The standard InChI is InChI=1S/C16H18N4O7S/c21-13(27-11-5-3-4-10(19(23)24)15(11)20(25)26)7-2-1-6-12-14-9(8-28-12)17-16(22)18-14/h3-5,9,12,14H,1-2,6-8H2,(H2,17,18,22)/t9-,12-,14-/m0/s1. The lowest BCUT2D eigenvalue weighted by Gasteiger charge is -2.16. The Morgan fingerprint density at radius 1 is 1.21 bits per heavy atom. The highest BCUT2D eigenvalue weighted by molar-refractivity contribution is 8.00. The second-order valence-electron chi connectivity index (χ2n) is 6.48. The van der Waals surface area contributed by atoms with Gasteiger partial charge in [0, 0.05) is 23.5 Å². The molecular formula is C16H18N4O7S. The fourth-order valence-electron chi connectivity index (χ4n) is 3.36. The Balaban J connectivity index is 1.49. The van der Waals surface area contributed by atoms with Crippen molar-refractivity contribution in [3.8, 4) is 5.75 Å². The van der Waals surface area contributed by atoms with Crippen LogP contribution < -0.4 is 15.4 Å². The van der Waals surface area contributed by atoms with Gasteiger partial charge in [0.2, 0.25) is 5.75 Å². The van der Waals surface area contributed by atoms with E-state index in [4.69, 9.17) is 4.74 Å². The summed E-state index contributed by atoms with van der Waals surface area (Å²) in [5, 5.41) is 28.1. The SMILES string of the molecule is O=C1N[C@H]2[C@H](CS[C@H]2CCCCC(=O)Oc2cccc([N+](=O)[O-])c2[N+](=O)[O-])N1. The topological polar surface area (TPSA) is 154 Å². The summed E-state index contributed by atoms with van der Waals surface area (Å²) in [5.74, 6) is -0.262. The number of carbonyl (C=O) groups is 2. The first-order chi connectivity index (χ1) is 13.4. The number of hydrogen-bond donors (Lipinski definition) is 2. The monoisotopic (exact) mass is 410 g/mol. The maximum absolute atomic E-state index is 12.0. The molecule has 0 radical (unpaired) electrons. The predicted octanol–water partition coefficient (Wildman–Crippen LogP) is 2.13. The summed E-state index contributed by atoms with van der Waals surface area (Å²) in [6.45, 7) is 0. The first-order valence-electron chi connectivity index (χ1n) is 8.68. The van der Waals surface area contributed by atoms with Crippen LogP contribution in [0.2, 0.25) is 0 Å². The highest BCUT2D eigenvalue weighted by atomic mass is 32.2. The van der Waals surface area contributed by atoms with Gasteiger partial charge in [-0.1, -0.05) is 12.5 Å². The summed E-state index contributed by atoms with van der Waals surface area (Å²) in [7, 11) is 0. The summed E-state index contributed by atoms with van der Waals surface area (Å²) in [6, 6.07) is 3.46. The molecule has 0 aliphatic carbocycles. The lowest BCUT2D eigenvalue weighted by molar-refractivity contribution is -0.423. The van der Waals surface area contributed by atoms with E-state index in [9.17, 15) is 29.8 Å². The normalized spacial score (nSPS) is 22.9. The molecule has 150 valence electrons. The summed E-state index contributed by atoms with van der Waals surface area (Å²) in [4.78, 5) is 43.6. The van der Waals surface area contributed by atoms with Gasteiger partial charge in [0.05, 0.1) is 21.9 Å². The molecule has 2 aliphatic heterocycles. The van der Waals surface area contributed by atoms with Crippen LogP contribution in [-0.2, 0) is 4.79 Å². The molecule has 2 aliphatic rings. The molecule has 2 N–H and O–H groups in total. The smallest absolute Gasteiger partial charge is 0.388 e. The van der Waals surface area contributed by atoms with Crippen LogP contribution >= 0.6 is 11.8 Å². The van der Waals surface area contributed by atoms with Gasteiger partial charge in [0.15, 0.2) is 0 Å². The number of amides is 2. The average molecular weight is 410 g/mol. The number of benzene rings is 1. The van der Waals surface area contributed by atoms with Gasteiger partial charge < -0.3 is 15.4 Å². The maximum Gasteiger partial charge on any atom is 0.388 e. The molecular weight excluding hydrogens is 392 g/mol. The van der Waals surface area contributed by atoms with Crippen LogP contribution in [0.15, 0.2) is 18.2 Å². The van der Waals surface area contributed by atoms with Crippen LogP contribution in [-0.4, -0.2) is 44.9 Å². The molecule has 11 nitrogen and oxygen atoms in total. The summed E-state index contributed by atoms with van der Waals surface area (Å²) in [6.07, 6.45) is 2.09. The molecule has 12 heteroatoms. The van der Waals surface area contributed by atoms with E-state index in [0.717, 1.165) is 30.7 Å². The van der Waals surface area contributed by atoms with Crippen molar-refractivity contribution in [3.05, 3.63) is 38.4 Å². The number of nitro benzene ring substituents is 2. The van der Waals surface area contributed by atoms with Crippen LogP contribution in [0.1, 0.15) is 25.7 Å². The van der Waals surface area contributed by atoms with Gasteiger partial charge in [-0.25, -0.2) is 4.79 Å². The number of hydrogen-bond acceptors (Lipinski definition) is 8. The van der Waals surface area contributed by atoms with Crippen LogP contribution in [0.3, 0.4) is 0 Å². The number of rotatable bonds is 8. The number of nitrogens with zero attached hydrogens (tertiary/aromatic N) is 2. The van der Waals surface area contributed by atoms with Gasteiger partial charge in [0.1, 0.15) is 0 Å². The van der Waals surface area contributed by atoms with Gasteiger partial charge >= 0.3 is 23.4 Å². The number of esters is 1. The Bertz CT molecular complexity index is 818. The maximum atomic E-state index is 12.0. The zero-order chi connectivity index (χ0) is 20.3. The van der Waals surface area contributed by atoms with Crippen molar-refractivity contribution < 1.29 is 24.2 Å². The number of nitrogens with one attached hydrogen (secondary N) is 2. The molecule has 2 saturated heterocycles. The Morgan fingerprint density at radius 2 is 2.00 bits per heavy atom. The molecule has 28 heavy (non-hydrogen) atoms. The van der Waals surface area contributed by atoms with Crippen molar-refractivity contribution in [3.63, 3.8) is 0 Å². The van der Waals surface area contributed by atoms with Crippen molar-refractivity contribution in [2.45, 2.75) is 43.0 Å². The van der Waals surface area contributed by atoms with Crippen LogP contribution in [0, 0.1) is 20.2 Å². The van der Waals surface area contributed by atoms with Crippen molar-refractivity contribution in [2.24, 2.45) is 0 Å². The van der Waals surface area contributed by atoms with E-state index in [1.165, 1.54) is 6.07 Å². The summed E-state index contributed by atoms with van der Waals surface area (Å²) < 4.78 is 5.00. The molecule has 3 atom stereocenters. The van der Waals surface area contributed by atoms with Gasteiger partial charge in [-0.05, 0) is 18.9 Å². The minimum Gasteiger partial charge on any atom is -0.419 e. The number of urea groups is 1. The molecule has 1 aromatic rings. The van der Waals surface area contributed by atoms with E-state index in [2.05, 4.69) is 10.6 Å². The molecule has 0 saturated carbocycles. The second kappa shape index (κ2) is 8.42. The summed E-state index contributed by atoms with van der Waals surface area (Å²) in [5.41, 5.74) is -1.56. The highest BCUT2D eigenvalue weighted by Crippen LogP contribution is 2.36. The molecule has 3 rings (SSSR count). The fraction of sp³-hybridized carbons (Fsp3) is 0.500. The minimum absolute atomic E-state index is 0.0376. The van der Waals surface area contributed by atoms with Crippen molar-refractivity contribution in [1.82, 2.24) is 10.6 Å². The lowest BCUT2D eigenvalue weighted by Crippen LogP contribution is -2.36. The molecule has 0 bridgehead atoms. The van der Waals surface area contributed by atoms with Gasteiger partial charge in [-0.2, -0.15) is 11.8 Å². The molecule has 2 fully saturated rings. The number of nitro groups is 2. The minimum atomic E-state index is -0.932. The Labute approximate surface area is 163 Å². The van der Waals surface area contributed by atoms with Crippen LogP contribution in [0.25, 0.3) is 0 Å². The molecule has 2 heterocycles. The number of carbonyl (C=O) groups excluding carboxylic acids is 2. The quantitative estimate of drug-likeness (QED) is 0.165. The molecule has 1 aromatic carbocycles. The van der Waals surface area contributed by atoms with E-state index < -0.39 is 32.9 Å². The number of thioether (sulfide) groups is 1. The lowest BCUT2D eigenvalue weighted by atomic mass is 10.0. The van der Waals surface area contributed by atoms with E-state index in [1.807, 2.05) is 0 Å². The third kappa shape index (κ3) is 4.32. The molecule has 2 amide bonds. The van der Waals surface area contributed by atoms with Crippen molar-refractivity contribution in [1.29, 1.82) is 0 Å². The molecule has 0 spiro atoms. The zero-order valence-electron chi connectivity index (χ0n) is 14.7. The second-order valence-corrected chi connectivity index (χ2v) is 7.75. The Morgan fingerprint density at radius 3 is 2.71 bits per heavy atom. The summed E-state index contributed by atoms with van der Waals surface area (Å²) >= 11 is 1.78. The van der Waals surface area contributed by atoms with Crippen molar-refractivity contribution in [2.75, 3.05) is 5.75 Å².